The van der Waals surface area contributed by atoms with E-state index in [2.05, 4.69) is 16.9 Å². The van der Waals surface area contributed by atoms with Crippen molar-refractivity contribution in [2.24, 2.45) is 7.05 Å². The number of aryl methyl sites for hydroxylation is 2. The fourth-order valence-electron chi connectivity index (χ4n) is 4.23. The Morgan fingerprint density at radius 2 is 1.84 bits per heavy atom. The van der Waals surface area contributed by atoms with E-state index in [1.165, 1.54) is 23.0 Å². The number of amides is 1. The minimum atomic E-state index is -0.320. The molecule has 0 spiro atoms. The molecule has 1 fully saturated rings. The molecule has 0 aliphatic carbocycles. The van der Waals surface area contributed by atoms with Crippen molar-refractivity contribution < 1.29 is 9.18 Å². The fraction of sp³-hybridized carbons (Fsp3) is 0.250. The predicted molar refractivity (Wildman–Crippen MR) is 128 cm³/mol. The lowest BCUT2D eigenvalue weighted by atomic mass is 10.1. The van der Waals surface area contributed by atoms with Gasteiger partial charge < -0.3 is 9.80 Å². The van der Waals surface area contributed by atoms with Crippen molar-refractivity contribution in [2.75, 3.05) is 31.1 Å². The first-order valence-electron chi connectivity index (χ1n) is 10.4. The number of halogens is 2. The molecule has 32 heavy (non-hydrogen) atoms. The van der Waals surface area contributed by atoms with Crippen molar-refractivity contribution in [2.45, 2.75) is 6.92 Å². The van der Waals surface area contributed by atoms with Gasteiger partial charge in [0.25, 0.3) is 5.91 Å². The largest absolute Gasteiger partial charge is 0.368 e. The Kier molecular flexibility index (Phi) is 5.39. The van der Waals surface area contributed by atoms with E-state index in [4.69, 9.17) is 11.6 Å². The highest BCUT2D eigenvalue weighted by molar-refractivity contribution is 7.20. The number of rotatable bonds is 3. The third kappa shape index (κ3) is 3.65. The van der Waals surface area contributed by atoms with Crippen LogP contribution in [0.25, 0.3) is 21.5 Å². The monoisotopic (exact) mass is 468 g/mol. The van der Waals surface area contributed by atoms with Crippen LogP contribution in [0.5, 0.6) is 0 Å². The first kappa shape index (κ1) is 21.0. The van der Waals surface area contributed by atoms with E-state index in [1.54, 1.807) is 22.9 Å². The van der Waals surface area contributed by atoms with E-state index in [9.17, 15) is 9.18 Å². The molecular formula is C24H22ClFN4OS. The molecule has 0 atom stereocenters. The topological polar surface area (TPSA) is 41.4 Å². The number of carbonyl (C=O) groups is 1. The third-order valence-electron chi connectivity index (χ3n) is 5.93. The zero-order chi connectivity index (χ0) is 22.4. The van der Waals surface area contributed by atoms with Crippen LogP contribution >= 0.6 is 22.9 Å². The second-order valence-corrected chi connectivity index (χ2v) is 9.46. The number of hydrogen-bond acceptors (Lipinski definition) is 4. The van der Waals surface area contributed by atoms with Crippen molar-refractivity contribution in [3.05, 3.63) is 69.8 Å². The molecule has 1 amide bonds. The highest BCUT2D eigenvalue weighted by Gasteiger charge is 2.26. The van der Waals surface area contributed by atoms with Gasteiger partial charge in [-0.1, -0.05) is 29.8 Å². The molecule has 0 saturated carbocycles. The van der Waals surface area contributed by atoms with Crippen LogP contribution < -0.4 is 4.90 Å². The molecule has 4 aromatic rings. The number of piperazine rings is 1. The molecular weight excluding hydrogens is 447 g/mol. The maximum atomic E-state index is 14.4. The number of aromatic nitrogens is 2. The molecule has 0 radical (unpaired) electrons. The number of fused-ring (bicyclic) bond motifs is 1. The van der Waals surface area contributed by atoms with Gasteiger partial charge in [-0.15, -0.1) is 11.3 Å². The maximum absolute atomic E-state index is 14.4. The minimum Gasteiger partial charge on any atom is -0.368 e. The molecule has 164 valence electrons. The van der Waals surface area contributed by atoms with Gasteiger partial charge in [0.15, 0.2) is 0 Å². The Hall–Kier alpha value is -2.90. The predicted octanol–water partition coefficient (Wildman–Crippen LogP) is 5.37. The van der Waals surface area contributed by atoms with Crippen LogP contribution in [0, 0.1) is 12.7 Å². The molecule has 1 aliphatic rings. The molecule has 5 rings (SSSR count). The Labute approximate surface area is 194 Å². The van der Waals surface area contributed by atoms with E-state index in [0.29, 0.717) is 34.2 Å². The van der Waals surface area contributed by atoms with Crippen LogP contribution in [0.2, 0.25) is 5.02 Å². The fourth-order valence-corrected chi connectivity index (χ4v) is 5.43. The van der Waals surface area contributed by atoms with Crippen molar-refractivity contribution in [3.63, 3.8) is 0 Å². The number of anilines is 1. The lowest BCUT2D eigenvalue weighted by Gasteiger charge is -2.36. The molecule has 8 heteroatoms. The van der Waals surface area contributed by atoms with E-state index in [-0.39, 0.29) is 11.7 Å². The van der Waals surface area contributed by atoms with Crippen LogP contribution in [-0.2, 0) is 7.05 Å². The van der Waals surface area contributed by atoms with Gasteiger partial charge in [0.1, 0.15) is 16.3 Å². The zero-order valence-electron chi connectivity index (χ0n) is 17.8. The summed E-state index contributed by atoms with van der Waals surface area (Å²) in [4.78, 5) is 18.9. The molecule has 0 N–H and O–H groups in total. The second kappa shape index (κ2) is 8.22. The number of thiophene rings is 1. The Morgan fingerprint density at radius 1 is 1.09 bits per heavy atom. The van der Waals surface area contributed by atoms with Gasteiger partial charge in [0.2, 0.25) is 0 Å². The highest BCUT2D eigenvalue weighted by atomic mass is 35.5. The van der Waals surface area contributed by atoms with Crippen LogP contribution in [0.15, 0.2) is 48.5 Å². The number of hydrogen-bond donors (Lipinski definition) is 0. The average molecular weight is 469 g/mol. The Bertz CT molecular complexity index is 1320. The smallest absolute Gasteiger partial charge is 0.264 e. The molecule has 2 aromatic carbocycles. The summed E-state index contributed by atoms with van der Waals surface area (Å²) in [6, 6.07) is 14.3. The molecule has 5 nitrogen and oxygen atoms in total. The Balaban J connectivity index is 1.37. The maximum Gasteiger partial charge on any atom is 0.264 e. The van der Waals surface area contributed by atoms with Gasteiger partial charge in [-0.05, 0) is 42.8 Å². The van der Waals surface area contributed by atoms with Gasteiger partial charge >= 0.3 is 0 Å². The summed E-state index contributed by atoms with van der Waals surface area (Å²) in [6.07, 6.45) is 0. The number of benzene rings is 2. The van der Waals surface area contributed by atoms with Crippen molar-refractivity contribution in [3.8, 4) is 11.3 Å². The van der Waals surface area contributed by atoms with Gasteiger partial charge in [0, 0.05) is 54.9 Å². The molecule has 3 heterocycles. The second-order valence-electron chi connectivity index (χ2n) is 7.99. The average Bonchev–Trinajstić information content (AvgIpc) is 3.36. The molecule has 0 unspecified atom stereocenters. The van der Waals surface area contributed by atoms with Gasteiger partial charge in [-0.2, -0.15) is 5.10 Å². The summed E-state index contributed by atoms with van der Waals surface area (Å²) < 4.78 is 16.1. The summed E-state index contributed by atoms with van der Waals surface area (Å²) in [5, 5.41) is 6.02. The first-order valence-corrected chi connectivity index (χ1v) is 11.6. The van der Waals surface area contributed by atoms with E-state index < -0.39 is 0 Å². The van der Waals surface area contributed by atoms with Crippen LogP contribution in [-0.4, -0.2) is 46.8 Å². The minimum absolute atomic E-state index is 0.00755. The normalized spacial score (nSPS) is 14.4. The lowest BCUT2D eigenvalue weighted by Crippen LogP contribution is -2.48. The quantitative estimate of drug-likeness (QED) is 0.406. The SMILES string of the molecule is Cc1ccc(Cl)cc1N1CCN(C(=O)c2cc3c(-c4ccccc4F)nn(C)c3s2)CC1. The van der Waals surface area contributed by atoms with E-state index >= 15 is 0 Å². The van der Waals surface area contributed by atoms with Crippen molar-refractivity contribution in [1.29, 1.82) is 0 Å². The molecule has 1 aliphatic heterocycles. The summed E-state index contributed by atoms with van der Waals surface area (Å²) in [6.45, 7) is 4.84. The first-order chi connectivity index (χ1) is 15.4. The summed E-state index contributed by atoms with van der Waals surface area (Å²) >= 11 is 7.59. The Morgan fingerprint density at radius 3 is 2.59 bits per heavy atom. The van der Waals surface area contributed by atoms with E-state index in [1.807, 2.05) is 36.2 Å². The van der Waals surface area contributed by atoms with E-state index in [0.717, 1.165) is 29.0 Å². The summed E-state index contributed by atoms with van der Waals surface area (Å²) in [7, 11) is 1.82. The van der Waals surface area contributed by atoms with Crippen molar-refractivity contribution >= 4 is 44.7 Å². The lowest BCUT2D eigenvalue weighted by molar-refractivity contribution is 0.0751. The standard InChI is InChI=1S/C24H22ClFN4OS/c1-15-7-8-16(25)13-20(15)29-9-11-30(12-10-29)23(31)21-14-18-22(27-28(2)24(18)32-21)17-5-3-4-6-19(17)26/h3-8,13-14H,9-12H2,1-2H3. The number of carbonyl (C=O) groups excluding carboxylic acids is 1. The molecule has 0 bridgehead atoms. The van der Waals surface area contributed by atoms with Gasteiger partial charge in [0.05, 0.1) is 4.88 Å². The van der Waals surface area contributed by atoms with Gasteiger partial charge in [-0.3, -0.25) is 9.48 Å². The van der Waals surface area contributed by atoms with Crippen molar-refractivity contribution in [1.82, 2.24) is 14.7 Å². The zero-order valence-corrected chi connectivity index (χ0v) is 19.4. The van der Waals surface area contributed by atoms with Crippen LogP contribution in [0.4, 0.5) is 10.1 Å². The molecule has 1 saturated heterocycles. The molecule has 2 aromatic heterocycles. The van der Waals surface area contributed by atoms with Gasteiger partial charge in [-0.25, -0.2) is 4.39 Å². The summed E-state index contributed by atoms with van der Waals surface area (Å²) in [5.74, 6) is -0.313. The summed E-state index contributed by atoms with van der Waals surface area (Å²) in [5.41, 5.74) is 3.30. The van der Waals surface area contributed by atoms with Crippen LogP contribution in [0.3, 0.4) is 0 Å². The van der Waals surface area contributed by atoms with Crippen LogP contribution in [0.1, 0.15) is 15.2 Å². The highest BCUT2D eigenvalue weighted by Crippen LogP contribution is 2.35. The number of nitrogens with zero attached hydrogens (tertiary/aromatic N) is 4. The third-order valence-corrected chi connectivity index (χ3v) is 7.35.